The van der Waals surface area contributed by atoms with Crippen molar-refractivity contribution >= 4 is 22.7 Å². The summed E-state index contributed by atoms with van der Waals surface area (Å²) < 4.78 is 41.2. The van der Waals surface area contributed by atoms with Gasteiger partial charge in [0, 0.05) is 38.7 Å². The van der Waals surface area contributed by atoms with E-state index >= 15 is 4.39 Å². The van der Waals surface area contributed by atoms with Crippen LogP contribution in [0.4, 0.5) is 10.1 Å². The highest BCUT2D eigenvalue weighted by atomic mass is 19.1. The van der Waals surface area contributed by atoms with Gasteiger partial charge in [0.05, 0.1) is 60.3 Å². The number of carboxylic acids is 1. The van der Waals surface area contributed by atoms with Crippen molar-refractivity contribution in [1.29, 1.82) is 5.26 Å². The van der Waals surface area contributed by atoms with Gasteiger partial charge in [-0.15, -0.1) is 0 Å². The first-order valence-electron chi connectivity index (χ1n) is 15.9. The number of piperazine rings is 1. The van der Waals surface area contributed by atoms with Crippen LogP contribution in [0.5, 0.6) is 17.2 Å². The minimum absolute atomic E-state index is 0.0600. The van der Waals surface area contributed by atoms with Crippen LogP contribution < -0.4 is 19.1 Å². The molecule has 0 radical (unpaired) electrons. The summed E-state index contributed by atoms with van der Waals surface area (Å²) in [5.74, 6) is -0.517. The van der Waals surface area contributed by atoms with Crippen LogP contribution in [0.1, 0.15) is 53.5 Å². The average Bonchev–Trinajstić information content (AvgIpc) is 3.55. The lowest BCUT2D eigenvalue weighted by Gasteiger charge is -2.54. The predicted molar refractivity (Wildman–Crippen MR) is 168 cm³/mol. The monoisotopic (exact) mass is 639 g/mol. The van der Waals surface area contributed by atoms with Gasteiger partial charge in [0.1, 0.15) is 22.9 Å². The SMILES string of the molecule is COc1cc(C(=O)O)cc2c1nc(CN1CCN(c3cccc4c3O[C@](C)(c3ccc(C#N)cc3F)O4)[C@H]3CC[C@H]31)n2C[C@@H]1CCO1. The second-order valence-corrected chi connectivity index (χ2v) is 12.7. The summed E-state index contributed by atoms with van der Waals surface area (Å²) >= 11 is 0. The molecule has 242 valence electrons. The van der Waals surface area contributed by atoms with Gasteiger partial charge in [0.25, 0.3) is 5.79 Å². The van der Waals surface area contributed by atoms with Gasteiger partial charge in [-0.05, 0) is 61.7 Å². The molecule has 4 atom stereocenters. The molecule has 12 heteroatoms. The molecule has 0 spiro atoms. The fourth-order valence-electron chi connectivity index (χ4n) is 7.38. The number of rotatable bonds is 8. The number of nitriles is 1. The molecule has 0 unspecified atom stereocenters. The number of halogens is 1. The zero-order chi connectivity index (χ0) is 32.4. The average molecular weight is 640 g/mol. The lowest BCUT2D eigenvalue weighted by molar-refractivity contribution is -0.0706. The molecule has 1 N–H and O–H groups in total. The third-order valence-corrected chi connectivity index (χ3v) is 10.0. The summed E-state index contributed by atoms with van der Waals surface area (Å²) in [5.41, 5.74) is 2.91. The van der Waals surface area contributed by atoms with Crippen LogP contribution in [-0.4, -0.2) is 70.5 Å². The number of fused-ring (bicyclic) bond motifs is 3. The van der Waals surface area contributed by atoms with E-state index in [0.29, 0.717) is 35.9 Å². The van der Waals surface area contributed by atoms with Crippen molar-refractivity contribution in [3.05, 3.63) is 76.9 Å². The molecule has 8 rings (SSSR count). The van der Waals surface area contributed by atoms with Crippen LogP contribution in [0.25, 0.3) is 11.0 Å². The Morgan fingerprint density at radius 3 is 2.66 bits per heavy atom. The smallest absolute Gasteiger partial charge is 0.335 e. The zero-order valence-corrected chi connectivity index (χ0v) is 26.1. The number of nitrogens with zero attached hydrogens (tertiary/aromatic N) is 5. The number of carboxylic acid groups (broad SMARTS) is 1. The van der Waals surface area contributed by atoms with Gasteiger partial charge < -0.3 is 33.5 Å². The number of ether oxygens (including phenoxy) is 4. The number of benzene rings is 3. The van der Waals surface area contributed by atoms with Gasteiger partial charge in [0.15, 0.2) is 11.5 Å². The van der Waals surface area contributed by atoms with Gasteiger partial charge >= 0.3 is 5.97 Å². The van der Waals surface area contributed by atoms with Crippen molar-refractivity contribution in [1.82, 2.24) is 14.5 Å². The Kier molecular flexibility index (Phi) is 7.00. The third-order valence-electron chi connectivity index (χ3n) is 10.0. The van der Waals surface area contributed by atoms with E-state index in [2.05, 4.69) is 14.4 Å². The Labute approximate surface area is 270 Å². The van der Waals surface area contributed by atoms with Gasteiger partial charge in [-0.1, -0.05) is 6.07 Å². The Hall–Kier alpha value is -4.86. The van der Waals surface area contributed by atoms with E-state index in [1.807, 2.05) is 24.3 Å². The molecule has 4 aliphatic rings. The van der Waals surface area contributed by atoms with Crippen molar-refractivity contribution in [2.24, 2.45) is 0 Å². The number of imidazole rings is 1. The molecule has 11 nitrogen and oxygen atoms in total. The first-order valence-corrected chi connectivity index (χ1v) is 15.9. The van der Waals surface area contributed by atoms with Crippen molar-refractivity contribution in [3.8, 4) is 23.3 Å². The molecular formula is C35H34FN5O6. The minimum Gasteiger partial charge on any atom is -0.494 e. The van der Waals surface area contributed by atoms with E-state index < -0.39 is 17.6 Å². The number of anilines is 1. The Balaban J connectivity index is 1.06. The second-order valence-electron chi connectivity index (χ2n) is 12.7. The number of hydrogen-bond acceptors (Lipinski definition) is 9. The number of methoxy groups -OCH3 is 1. The maximum atomic E-state index is 15.1. The summed E-state index contributed by atoms with van der Waals surface area (Å²) in [7, 11) is 1.53. The molecule has 0 bridgehead atoms. The highest BCUT2D eigenvalue weighted by molar-refractivity contribution is 5.95. The number of para-hydroxylation sites is 1. The van der Waals surface area contributed by atoms with E-state index in [4.69, 9.17) is 23.9 Å². The molecule has 47 heavy (non-hydrogen) atoms. The van der Waals surface area contributed by atoms with Crippen LogP contribution in [0, 0.1) is 17.1 Å². The number of carbonyl (C=O) groups is 1. The molecule has 4 heterocycles. The van der Waals surface area contributed by atoms with Crippen molar-refractivity contribution in [2.75, 3.05) is 31.7 Å². The minimum atomic E-state index is -1.37. The molecule has 0 amide bonds. The second kappa shape index (κ2) is 11.1. The van der Waals surface area contributed by atoms with Gasteiger partial charge in [0.2, 0.25) is 0 Å². The van der Waals surface area contributed by atoms with E-state index in [1.165, 1.54) is 19.2 Å². The van der Waals surface area contributed by atoms with Crippen molar-refractivity contribution < 1.29 is 33.2 Å². The van der Waals surface area contributed by atoms with Crippen LogP contribution in [0.2, 0.25) is 0 Å². The zero-order valence-electron chi connectivity index (χ0n) is 26.1. The third kappa shape index (κ3) is 4.84. The van der Waals surface area contributed by atoms with E-state index in [-0.39, 0.29) is 34.9 Å². The molecule has 1 aromatic heterocycles. The topological polar surface area (TPSA) is 122 Å². The highest BCUT2D eigenvalue weighted by Gasteiger charge is 2.47. The van der Waals surface area contributed by atoms with E-state index in [1.54, 1.807) is 25.1 Å². The van der Waals surface area contributed by atoms with Gasteiger partial charge in [-0.2, -0.15) is 5.26 Å². The van der Waals surface area contributed by atoms with E-state index in [9.17, 15) is 15.2 Å². The standard InChI is InChI=1S/C35H34FN5O6/c1-35(23-7-6-20(17-37)14-24(23)36)46-29-5-3-4-27(33(29)47-35)40-12-11-39(25-8-9-26(25)40)19-31-38-32-28(41(31)18-22-10-13-45-22)15-21(34(42)43)16-30(32)44-2/h3-7,14-16,22,25-26H,8-13,18-19H2,1-2H3,(H,42,43)/t22-,25+,26-,35+/m0/s1. The summed E-state index contributed by atoms with van der Waals surface area (Å²) in [5, 5.41) is 18.9. The molecule has 1 saturated carbocycles. The lowest BCUT2D eigenvalue weighted by Crippen LogP contribution is -2.64. The molecule has 4 aromatic rings. The number of hydrogen-bond donors (Lipinski definition) is 1. The summed E-state index contributed by atoms with van der Waals surface area (Å²) in [6.45, 7) is 5.12. The number of aromatic carboxylic acids is 1. The van der Waals surface area contributed by atoms with Crippen LogP contribution in [0.3, 0.4) is 0 Å². The molecule has 3 aliphatic heterocycles. The maximum absolute atomic E-state index is 15.1. The first-order chi connectivity index (χ1) is 22.8. The van der Waals surface area contributed by atoms with Crippen LogP contribution in [-0.2, 0) is 23.6 Å². The predicted octanol–water partition coefficient (Wildman–Crippen LogP) is 5.04. The Morgan fingerprint density at radius 1 is 1.15 bits per heavy atom. The molecule has 3 aromatic carbocycles. The lowest BCUT2D eigenvalue weighted by atomic mass is 9.81. The van der Waals surface area contributed by atoms with Crippen LogP contribution in [0.15, 0.2) is 48.5 Å². The fraction of sp³-hybridized carbons (Fsp3) is 0.400. The largest absolute Gasteiger partial charge is 0.494 e. The Bertz CT molecular complexity index is 1950. The first kappa shape index (κ1) is 29.5. The Morgan fingerprint density at radius 2 is 1.98 bits per heavy atom. The highest BCUT2D eigenvalue weighted by Crippen LogP contribution is 2.51. The molecule has 3 fully saturated rings. The van der Waals surface area contributed by atoms with Crippen molar-refractivity contribution in [3.63, 3.8) is 0 Å². The fourth-order valence-corrected chi connectivity index (χ4v) is 7.38. The van der Waals surface area contributed by atoms with Gasteiger partial charge in [-0.3, -0.25) is 4.90 Å². The molecule has 2 saturated heterocycles. The van der Waals surface area contributed by atoms with Crippen LogP contribution >= 0.6 is 0 Å². The van der Waals surface area contributed by atoms with E-state index in [0.717, 1.165) is 56.0 Å². The number of aromatic nitrogens is 2. The normalized spacial score (nSPS) is 24.7. The summed E-state index contributed by atoms with van der Waals surface area (Å²) in [6.07, 6.45) is 3.04. The maximum Gasteiger partial charge on any atom is 0.335 e. The summed E-state index contributed by atoms with van der Waals surface area (Å²) in [4.78, 5) is 21.8. The molecular weight excluding hydrogens is 605 g/mol. The molecule has 1 aliphatic carbocycles. The van der Waals surface area contributed by atoms with Gasteiger partial charge in [-0.25, -0.2) is 14.2 Å². The van der Waals surface area contributed by atoms with Crippen molar-refractivity contribution in [2.45, 2.75) is 63.3 Å². The quantitative estimate of drug-likeness (QED) is 0.281. The summed E-state index contributed by atoms with van der Waals surface area (Å²) in [6, 6.07) is 15.8.